The molecule has 2 aromatic rings. The molecular formula is C8H7Cl2N3S. The average molecular weight is 248 g/mol. The van der Waals surface area contributed by atoms with E-state index in [1.165, 1.54) is 0 Å². The molecule has 0 N–H and O–H groups in total. The second-order valence-corrected chi connectivity index (χ2v) is 4.41. The van der Waals surface area contributed by atoms with Crippen LogP contribution in [0.15, 0.2) is 17.6 Å². The van der Waals surface area contributed by atoms with Crippen LogP contribution >= 0.6 is 34.5 Å². The molecule has 0 amide bonds. The van der Waals surface area contributed by atoms with Crippen molar-refractivity contribution in [2.75, 3.05) is 0 Å². The molecule has 0 unspecified atom stereocenters. The number of rotatable bonds is 3. The number of nitrogens with zero attached hydrogens (tertiary/aromatic N) is 3. The van der Waals surface area contributed by atoms with E-state index in [1.54, 1.807) is 16.0 Å². The number of hydrogen-bond acceptors (Lipinski definition) is 3. The van der Waals surface area contributed by atoms with E-state index in [-0.39, 0.29) is 0 Å². The van der Waals surface area contributed by atoms with Crippen molar-refractivity contribution < 1.29 is 0 Å². The first-order valence-electron chi connectivity index (χ1n) is 3.96. The first-order valence-corrected chi connectivity index (χ1v) is 5.75. The number of halogens is 2. The van der Waals surface area contributed by atoms with Crippen molar-refractivity contribution in [1.82, 2.24) is 15.0 Å². The molecule has 0 saturated carbocycles. The van der Waals surface area contributed by atoms with Crippen LogP contribution in [0.5, 0.6) is 0 Å². The Labute approximate surface area is 95.3 Å². The predicted molar refractivity (Wildman–Crippen MR) is 58.0 cm³/mol. The minimum atomic E-state index is 0.387. The molecule has 0 radical (unpaired) electrons. The van der Waals surface area contributed by atoms with Gasteiger partial charge in [0.15, 0.2) is 0 Å². The maximum absolute atomic E-state index is 5.95. The van der Waals surface area contributed by atoms with Crippen molar-refractivity contribution in [2.24, 2.45) is 0 Å². The zero-order valence-corrected chi connectivity index (χ0v) is 9.48. The van der Waals surface area contributed by atoms with Crippen LogP contribution < -0.4 is 0 Å². The van der Waals surface area contributed by atoms with Gasteiger partial charge in [0.05, 0.1) is 29.3 Å². The Morgan fingerprint density at radius 1 is 1.50 bits per heavy atom. The van der Waals surface area contributed by atoms with Gasteiger partial charge in [-0.3, -0.25) is 0 Å². The molecule has 0 bridgehead atoms. The molecule has 0 atom stereocenters. The Morgan fingerprint density at radius 3 is 2.93 bits per heavy atom. The predicted octanol–water partition coefficient (Wildman–Crippen LogP) is 2.78. The lowest BCUT2D eigenvalue weighted by Crippen LogP contribution is -1.98. The van der Waals surface area contributed by atoms with Gasteiger partial charge in [-0.2, -0.15) is 0 Å². The maximum Gasteiger partial charge on any atom is 0.0974 e. The molecule has 3 nitrogen and oxygen atoms in total. The lowest BCUT2D eigenvalue weighted by Gasteiger charge is -1.96. The summed E-state index contributed by atoms with van der Waals surface area (Å²) >= 11 is 13.2. The normalized spacial score (nSPS) is 10.7. The van der Waals surface area contributed by atoms with Crippen LogP contribution in [0.1, 0.15) is 10.6 Å². The quantitative estimate of drug-likeness (QED) is 0.782. The number of alkyl halides is 1. The number of aromatic nitrogens is 3. The molecule has 0 fully saturated rings. The lowest BCUT2D eigenvalue weighted by molar-refractivity contribution is 0.656. The van der Waals surface area contributed by atoms with Crippen LogP contribution in [0.25, 0.3) is 0 Å². The van der Waals surface area contributed by atoms with Gasteiger partial charge in [0, 0.05) is 4.88 Å². The topological polar surface area (TPSA) is 30.7 Å². The molecule has 0 aliphatic heterocycles. The van der Waals surface area contributed by atoms with Crippen LogP contribution in [-0.4, -0.2) is 15.0 Å². The van der Waals surface area contributed by atoms with Crippen molar-refractivity contribution >= 4 is 34.5 Å². The average Bonchev–Trinajstić information content (AvgIpc) is 2.77. The molecule has 0 aliphatic rings. The molecule has 2 heterocycles. The molecule has 0 saturated heterocycles. The standard InChI is InChI=1S/C8H7Cl2N3S/c9-3-6-4-13(12-11-6)5-8-7(10)1-2-14-8/h1-2,4H,3,5H2. The van der Waals surface area contributed by atoms with Crippen LogP contribution in [-0.2, 0) is 12.4 Å². The van der Waals surface area contributed by atoms with E-state index in [4.69, 9.17) is 23.2 Å². The van der Waals surface area contributed by atoms with Crippen LogP contribution in [0.3, 0.4) is 0 Å². The molecule has 74 valence electrons. The molecule has 2 rings (SSSR count). The summed E-state index contributed by atoms with van der Waals surface area (Å²) < 4.78 is 1.73. The van der Waals surface area contributed by atoms with Gasteiger partial charge in [-0.1, -0.05) is 16.8 Å². The van der Waals surface area contributed by atoms with Gasteiger partial charge in [0.1, 0.15) is 0 Å². The SMILES string of the molecule is ClCc1cn(Cc2sccc2Cl)nn1. The minimum absolute atomic E-state index is 0.387. The van der Waals surface area contributed by atoms with E-state index in [9.17, 15) is 0 Å². The highest BCUT2D eigenvalue weighted by Gasteiger charge is 2.04. The molecular weight excluding hydrogens is 241 g/mol. The van der Waals surface area contributed by atoms with E-state index >= 15 is 0 Å². The van der Waals surface area contributed by atoms with Gasteiger partial charge in [0.25, 0.3) is 0 Å². The fourth-order valence-corrected chi connectivity index (χ4v) is 2.27. The van der Waals surface area contributed by atoms with Crippen LogP contribution in [0, 0.1) is 0 Å². The Balaban J connectivity index is 2.15. The summed E-state index contributed by atoms with van der Waals surface area (Å²) in [4.78, 5) is 1.08. The van der Waals surface area contributed by atoms with Gasteiger partial charge in [-0.25, -0.2) is 4.68 Å². The summed E-state index contributed by atoms with van der Waals surface area (Å²) in [5.41, 5.74) is 0.777. The monoisotopic (exact) mass is 247 g/mol. The Hall–Kier alpha value is -0.580. The molecule has 2 aromatic heterocycles. The second-order valence-electron chi connectivity index (χ2n) is 2.73. The van der Waals surface area contributed by atoms with Crippen molar-refractivity contribution in [3.05, 3.63) is 33.2 Å². The van der Waals surface area contributed by atoms with Crippen molar-refractivity contribution in [2.45, 2.75) is 12.4 Å². The first-order chi connectivity index (χ1) is 6.79. The lowest BCUT2D eigenvalue weighted by atomic mass is 10.4. The van der Waals surface area contributed by atoms with Crippen molar-refractivity contribution in [3.63, 3.8) is 0 Å². The molecule has 14 heavy (non-hydrogen) atoms. The van der Waals surface area contributed by atoms with Crippen LogP contribution in [0.4, 0.5) is 0 Å². The third-order valence-electron chi connectivity index (χ3n) is 1.72. The zero-order valence-electron chi connectivity index (χ0n) is 7.15. The smallest absolute Gasteiger partial charge is 0.0974 e. The molecule has 0 aromatic carbocycles. The van der Waals surface area contributed by atoms with E-state index < -0.39 is 0 Å². The third kappa shape index (κ3) is 2.08. The van der Waals surface area contributed by atoms with Gasteiger partial charge < -0.3 is 0 Å². The number of thiophene rings is 1. The van der Waals surface area contributed by atoms with Crippen LogP contribution in [0.2, 0.25) is 5.02 Å². The summed E-state index contributed by atoms with van der Waals surface area (Å²) in [6, 6.07) is 1.88. The van der Waals surface area contributed by atoms with E-state index in [0.717, 1.165) is 15.6 Å². The van der Waals surface area contributed by atoms with E-state index in [2.05, 4.69) is 10.3 Å². The Bertz CT molecular complexity index is 424. The van der Waals surface area contributed by atoms with Gasteiger partial charge in [-0.15, -0.1) is 28.0 Å². The molecule has 0 aliphatic carbocycles. The zero-order chi connectivity index (χ0) is 9.97. The summed E-state index contributed by atoms with van der Waals surface area (Å²) in [5.74, 6) is 0.387. The second kappa shape index (κ2) is 4.29. The summed E-state index contributed by atoms with van der Waals surface area (Å²) in [6.07, 6.45) is 1.82. The summed E-state index contributed by atoms with van der Waals surface area (Å²) in [5, 5.41) is 10.6. The first kappa shape index (κ1) is 9.96. The van der Waals surface area contributed by atoms with Gasteiger partial charge in [-0.05, 0) is 11.4 Å². The van der Waals surface area contributed by atoms with E-state index in [1.807, 2.05) is 17.6 Å². The molecule has 6 heteroatoms. The van der Waals surface area contributed by atoms with Crippen molar-refractivity contribution in [3.8, 4) is 0 Å². The highest BCUT2D eigenvalue weighted by molar-refractivity contribution is 7.10. The highest BCUT2D eigenvalue weighted by Crippen LogP contribution is 2.22. The Kier molecular flexibility index (Phi) is 3.05. The fraction of sp³-hybridized carbons (Fsp3) is 0.250. The van der Waals surface area contributed by atoms with Crippen molar-refractivity contribution in [1.29, 1.82) is 0 Å². The maximum atomic E-state index is 5.95. The van der Waals surface area contributed by atoms with Gasteiger partial charge >= 0.3 is 0 Å². The minimum Gasteiger partial charge on any atom is -0.247 e. The third-order valence-corrected chi connectivity index (χ3v) is 3.37. The van der Waals surface area contributed by atoms with E-state index in [0.29, 0.717) is 12.4 Å². The highest BCUT2D eigenvalue weighted by atomic mass is 35.5. The van der Waals surface area contributed by atoms with Gasteiger partial charge in [0.2, 0.25) is 0 Å². The largest absolute Gasteiger partial charge is 0.247 e. The summed E-state index contributed by atoms with van der Waals surface area (Å²) in [6.45, 7) is 0.653. The summed E-state index contributed by atoms with van der Waals surface area (Å²) in [7, 11) is 0. The Morgan fingerprint density at radius 2 is 2.36 bits per heavy atom. The fourth-order valence-electron chi connectivity index (χ4n) is 1.06. The number of hydrogen-bond donors (Lipinski definition) is 0. The molecule has 0 spiro atoms.